The second-order valence-electron chi connectivity index (χ2n) is 8.92. The summed E-state index contributed by atoms with van der Waals surface area (Å²) in [6.07, 6.45) is 8.27. The van der Waals surface area contributed by atoms with Gasteiger partial charge in [-0.25, -0.2) is 9.97 Å². The van der Waals surface area contributed by atoms with E-state index in [0.29, 0.717) is 63.0 Å². The number of thiazole rings is 1. The Kier molecular flexibility index (Phi) is 6.57. The van der Waals surface area contributed by atoms with Gasteiger partial charge in [-0.2, -0.15) is 0 Å². The number of nitrogens with one attached hydrogen (secondary N) is 1. The van der Waals surface area contributed by atoms with Crippen LogP contribution < -0.4 is 24.3 Å². The molecule has 3 aromatic heterocycles. The Balaban J connectivity index is 1.19. The molecule has 4 heterocycles. The van der Waals surface area contributed by atoms with Crippen molar-refractivity contribution in [2.24, 2.45) is 10.9 Å². The number of dihydropyridines is 1. The first-order valence-electron chi connectivity index (χ1n) is 12.4. The van der Waals surface area contributed by atoms with Crippen molar-refractivity contribution >= 4 is 45.8 Å². The molecule has 0 bridgehead atoms. The van der Waals surface area contributed by atoms with Crippen LogP contribution in [0.15, 0.2) is 53.8 Å². The summed E-state index contributed by atoms with van der Waals surface area (Å²) in [5, 5.41) is 4.74. The van der Waals surface area contributed by atoms with E-state index in [1.54, 1.807) is 44.7 Å². The summed E-state index contributed by atoms with van der Waals surface area (Å²) in [6, 6.07) is 9.16. The average molecular weight is 544 g/mol. The van der Waals surface area contributed by atoms with E-state index in [1.165, 1.54) is 17.5 Å². The van der Waals surface area contributed by atoms with Crippen LogP contribution in [-0.4, -0.2) is 53.9 Å². The lowest BCUT2D eigenvalue weighted by molar-refractivity contribution is 0.101. The van der Waals surface area contributed by atoms with E-state index in [2.05, 4.69) is 31.3 Å². The summed E-state index contributed by atoms with van der Waals surface area (Å²) in [7, 11) is 3.15. The van der Waals surface area contributed by atoms with E-state index >= 15 is 0 Å². The lowest BCUT2D eigenvalue weighted by Crippen LogP contribution is -2.14. The lowest BCUT2D eigenvalue weighted by Gasteiger charge is -2.12. The highest BCUT2D eigenvalue weighted by Gasteiger charge is 2.37. The molecule has 4 aromatic rings. The van der Waals surface area contributed by atoms with E-state index in [4.69, 9.17) is 18.9 Å². The van der Waals surface area contributed by atoms with Crippen molar-refractivity contribution in [2.75, 3.05) is 26.1 Å². The number of fused-ring (bicyclic) bond motifs is 2. The second-order valence-corrected chi connectivity index (χ2v) is 9.89. The molecule has 1 aromatic carbocycles. The number of benzene rings is 1. The van der Waals surface area contributed by atoms with Crippen LogP contribution in [0.4, 0.5) is 5.82 Å². The third-order valence-corrected chi connectivity index (χ3v) is 7.37. The number of ether oxygens (including phenoxy) is 4. The molecule has 1 saturated carbocycles. The van der Waals surface area contributed by atoms with Crippen molar-refractivity contribution < 1.29 is 23.7 Å². The molecule has 0 saturated heterocycles. The summed E-state index contributed by atoms with van der Waals surface area (Å²) in [5.41, 5.74) is 1.85. The number of hydrogen-bond acceptors (Lipinski definition) is 10. The molecule has 0 spiro atoms. The number of carbonyl (C=O) groups excluding carboxylic acids is 1. The second kappa shape index (κ2) is 10.3. The van der Waals surface area contributed by atoms with Crippen LogP contribution in [0.3, 0.4) is 0 Å². The van der Waals surface area contributed by atoms with Crippen molar-refractivity contribution in [3.63, 3.8) is 0 Å². The number of rotatable bonds is 9. The van der Waals surface area contributed by atoms with Gasteiger partial charge < -0.3 is 24.3 Å². The fourth-order valence-corrected chi connectivity index (χ4v) is 5.25. The minimum Gasteiger partial charge on any atom is -0.493 e. The number of carbonyl (C=O) groups is 1. The number of pyridine rings is 2. The summed E-state index contributed by atoms with van der Waals surface area (Å²) in [5.74, 6) is 2.64. The minimum atomic E-state index is -0.402. The molecule has 1 aliphatic carbocycles. The zero-order valence-electron chi connectivity index (χ0n) is 21.5. The molecule has 39 heavy (non-hydrogen) atoms. The summed E-state index contributed by atoms with van der Waals surface area (Å²) < 4.78 is 22.6. The molecular formula is C28H25N5O5S. The van der Waals surface area contributed by atoms with Gasteiger partial charge in [0.1, 0.15) is 22.3 Å². The lowest BCUT2D eigenvalue weighted by atomic mass is 10.2. The van der Waals surface area contributed by atoms with Crippen molar-refractivity contribution in [2.45, 2.75) is 19.4 Å². The predicted molar refractivity (Wildman–Crippen MR) is 149 cm³/mol. The molecule has 2 aliphatic rings. The third kappa shape index (κ3) is 5.00. The Morgan fingerprint density at radius 2 is 1.95 bits per heavy atom. The van der Waals surface area contributed by atoms with Crippen molar-refractivity contribution in [3.8, 4) is 28.1 Å². The summed E-state index contributed by atoms with van der Waals surface area (Å²) >= 11 is 1.34. The highest BCUT2D eigenvalue weighted by Crippen LogP contribution is 2.42. The third-order valence-electron chi connectivity index (χ3n) is 6.35. The van der Waals surface area contributed by atoms with Gasteiger partial charge in [0.25, 0.3) is 5.91 Å². The fourth-order valence-electron chi connectivity index (χ4n) is 4.28. The Labute approximate surface area is 228 Å². The molecule has 1 amide bonds. The molecule has 0 radical (unpaired) electrons. The smallest absolute Gasteiger partial charge is 0.280 e. The van der Waals surface area contributed by atoms with Crippen molar-refractivity contribution in [3.05, 3.63) is 59.5 Å². The van der Waals surface area contributed by atoms with E-state index in [0.717, 1.165) is 17.4 Å². The molecular weight excluding hydrogens is 518 g/mol. The fraction of sp³-hybridized carbons (Fsp3) is 0.250. The zero-order valence-corrected chi connectivity index (χ0v) is 22.3. The quantitative estimate of drug-likeness (QED) is 0.298. The Hall–Kier alpha value is -4.51. The molecule has 198 valence electrons. The molecule has 1 N–H and O–H groups in total. The van der Waals surface area contributed by atoms with Crippen LogP contribution in [0.2, 0.25) is 0 Å². The van der Waals surface area contributed by atoms with Gasteiger partial charge in [0.2, 0.25) is 5.06 Å². The van der Waals surface area contributed by atoms with Gasteiger partial charge in [-0.05, 0) is 37.6 Å². The number of allylic oxidation sites excluding steroid dienone is 1. The Morgan fingerprint density at radius 3 is 2.69 bits per heavy atom. The number of aromatic nitrogens is 3. The first-order chi connectivity index (χ1) is 19.1. The minimum absolute atomic E-state index is 0.221. The normalized spacial score (nSPS) is 17.3. The number of hydrogen-bond donors (Lipinski definition) is 1. The molecule has 10 nitrogen and oxygen atoms in total. The van der Waals surface area contributed by atoms with E-state index in [9.17, 15) is 4.79 Å². The van der Waals surface area contributed by atoms with Crippen LogP contribution >= 0.6 is 11.3 Å². The maximum Gasteiger partial charge on any atom is 0.280 e. The van der Waals surface area contributed by atoms with E-state index < -0.39 is 5.91 Å². The Bertz CT molecular complexity index is 1610. The molecule has 1 fully saturated rings. The molecule has 2 atom stereocenters. The first-order valence-corrected chi connectivity index (χ1v) is 13.2. The summed E-state index contributed by atoms with van der Waals surface area (Å²) in [6.45, 7) is 2.29. The SMILES string of the molecule is CCOc1sc(C2=CC3CC3N=C2)nc1C(=O)Nc1ccc(Oc2ccnc3cc(OC)c(OC)cc23)cn1. The van der Waals surface area contributed by atoms with E-state index in [-0.39, 0.29) is 5.69 Å². The Morgan fingerprint density at radius 1 is 1.10 bits per heavy atom. The van der Waals surface area contributed by atoms with Crippen molar-refractivity contribution in [1.82, 2.24) is 15.0 Å². The van der Waals surface area contributed by atoms with Crippen LogP contribution in [0.5, 0.6) is 28.1 Å². The van der Waals surface area contributed by atoms with Gasteiger partial charge in [0, 0.05) is 35.4 Å². The van der Waals surface area contributed by atoms with Gasteiger partial charge in [0.05, 0.1) is 38.6 Å². The van der Waals surface area contributed by atoms with Gasteiger partial charge in [-0.15, -0.1) is 0 Å². The molecule has 6 rings (SSSR count). The topological polar surface area (TPSA) is 117 Å². The number of aliphatic imine (C=N–C) groups is 1. The maximum absolute atomic E-state index is 13.1. The van der Waals surface area contributed by atoms with Crippen LogP contribution in [0.1, 0.15) is 28.8 Å². The van der Waals surface area contributed by atoms with Gasteiger partial charge >= 0.3 is 0 Å². The van der Waals surface area contributed by atoms with Gasteiger partial charge in [0.15, 0.2) is 17.2 Å². The van der Waals surface area contributed by atoms with Crippen LogP contribution in [0, 0.1) is 5.92 Å². The maximum atomic E-state index is 13.1. The number of nitrogens with zero attached hydrogens (tertiary/aromatic N) is 4. The first kappa shape index (κ1) is 24.8. The number of methoxy groups -OCH3 is 2. The average Bonchev–Trinajstić information content (AvgIpc) is 3.62. The van der Waals surface area contributed by atoms with Crippen LogP contribution in [0.25, 0.3) is 16.5 Å². The van der Waals surface area contributed by atoms with Crippen molar-refractivity contribution in [1.29, 1.82) is 0 Å². The zero-order chi connectivity index (χ0) is 26.9. The number of anilines is 1. The highest BCUT2D eigenvalue weighted by molar-refractivity contribution is 7.15. The monoisotopic (exact) mass is 543 g/mol. The van der Waals surface area contributed by atoms with Gasteiger partial charge in [-0.3, -0.25) is 14.8 Å². The summed E-state index contributed by atoms with van der Waals surface area (Å²) in [4.78, 5) is 31.0. The number of amides is 1. The molecule has 2 unspecified atom stereocenters. The largest absolute Gasteiger partial charge is 0.493 e. The van der Waals surface area contributed by atoms with Gasteiger partial charge in [-0.1, -0.05) is 17.4 Å². The molecule has 1 aliphatic heterocycles. The highest BCUT2D eigenvalue weighted by atomic mass is 32.1. The van der Waals surface area contributed by atoms with E-state index in [1.807, 2.05) is 19.2 Å². The standard InChI is InChI=1S/C28H25N5O5S/c1-4-37-28-25(33-27(39-28)16-9-15-10-19(15)30-13-16)26(34)32-24-6-5-17(14-31-24)38-21-7-8-29-20-12-23(36-3)22(35-2)11-18(20)21/h5-9,11-15,19H,4,10H2,1-3H3,(H,31,32,34). The van der Waals surface area contributed by atoms with Crippen LogP contribution in [-0.2, 0) is 0 Å². The predicted octanol–water partition coefficient (Wildman–Crippen LogP) is 5.40. The molecule has 11 heteroatoms.